The number of methoxy groups -OCH3 is 1. The van der Waals surface area contributed by atoms with Crippen molar-refractivity contribution in [2.75, 3.05) is 26.7 Å². The van der Waals surface area contributed by atoms with E-state index in [1.165, 1.54) is 23.7 Å². The van der Waals surface area contributed by atoms with E-state index < -0.39 is 11.9 Å². The number of hydrogen-bond acceptors (Lipinski definition) is 5. The molecule has 2 heterocycles. The normalized spacial score (nSPS) is 15.4. The molecule has 1 unspecified atom stereocenters. The van der Waals surface area contributed by atoms with Crippen LogP contribution in [0.15, 0.2) is 54.6 Å². The van der Waals surface area contributed by atoms with Crippen LogP contribution >= 0.6 is 0 Å². The molecule has 8 heteroatoms. The molecule has 182 valence electrons. The molecule has 34 heavy (non-hydrogen) atoms. The molecule has 3 aromatic rings. The van der Waals surface area contributed by atoms with Crippen LogP contribution in [0.25, 0.3) is 22.2 Å². The zero-order chi connectivity index (χ0) is 24.7. The lowest BCUT2D eigenvalue weighted by molar-refractivity contribution is -0.159. The average molecular weight is 469 g/mol. The molecule has 1 aliphatic heterocycles. The molecule has 8 nitrogen and oxygen atoms in total. The molecule has 1 atom stereocenters. The summed E-state index contributed by atoms with van der Waals surface area (Å²) in [5, 5.41) is 26.9. The van der Waals surface area contributed by atoms with Gasteiger partial charge in [-0.05, 0) is 73.8 Å². The van der Waals surface area contributed by atoms with E-state index in [0.29, 0.717) is 6.54 Å². The Morgan fingerprint density at radius 1 is 1.00 bits per heavy atom. The molecular formula is C26H32N2O6. The zero-order valence-electron chi connectivity index (χ0n) is 19.6. The van der Waals surface area contributed by atoms with Crippen molar-refractivity contribution in [3.05, 3.63) is 54.6 Å². The van der Waals surface area contributed by atoms with Crippen LogP contribution in [-0.2, 0) is 16.1 Å². The van der Waals surface area contributed by atoms with Gasteiger partial charge in [0.2, 0.25) is 0 Å². The number of nitrogens with zero attached hydrogens (tertiary/aromatic N) is 2. The Morgan fingerprint density at radius 3 is 2.21 bits per heavy atom. The van der Waals surface area contributed by atoms with Crippen molar-refractivity contribution >= 4 is 22.8 Å². The van der Waals surface area contributed by atoms with Crippen LogP contribution in [0.1, 0.15) is 19.8 Å². The van der Waals surface area contributed by atoms with Gasteiger partial charge in [-0.15, -0.1) is 0 Å². The Labute approximate surface area is 199 Å². The fourth-order valence-electron chi connectivity index (χ4n) is 4.22. The maximum atomic E-state index is 10.9. The van der Waals surface area contributed by atoms with Gasteiger partial charge in [0, 0.05) is 23.1 Å². The zero-order valence-corrected chi connectivity index (χ0v) is 19.6. The highest BCUT2D eigenvalue weighted by Crippen LogP contribution is 2.30. The second-order valence-corrected chi connectivity index (χ2v) is 8.67. The van der Waals surface area contributed by atoms with E-state index >= 15 is 0 Å². The molecular weight excluding hydrogens is 436 g/mol. The van der Waals surface area contributed by atoms with E-state index in [1.807, 2.05) is 12.1 Å². The molecule has 0 bridgehead atoms. The molecule has 3 N–H and O–H groups in total. The summed E-state index contributed by atoms with van der Waals surface area (Å²) in [6.07, 6.45) is 2.08. The number of aliphatic hydroxyl groups excluding tert-OH is 1. The minimum atomic E-state index is -1.82. The number of aliphatic carboxylic acids is 2. The number of carboxylic acid groups (broad SMARTS) is 2. The first kappa shape index (κ1) is 25.3. The van der Waals surface area contributed by atoms with Gasteiger partial charge in [0.15, 0.2) is 0 Å². The monoisotopic (exact) mass is 468 g/mol. The summed E-state index contributed by atoms with van der Waals surface area (Å²) in [5.74, 6) is -1.99. The first-order chi connectivity index (χ1) is 16.3. The number of β-amino-alcohol motifs (C(OH)–C–C–N with tert-alkyl or cyclic N) is 1. The predicted octanol–water partition coefficient (Wildman–Crippen LogP) is 3.57. The van der Waals surface area contributed by atoms with Crippen LogP contribution in [0.2, 0.25) is 0 Å². The summed E-state index contributed by atoms with van der Waals surface area (Å²) >= 11 is 0. The van der Waals surface area contributed by atoms with E-state index in [1.54, 1.807) is 7.11 Å². The molecule has 2 aromatic carbocycles. The summed E-state index contributed by atoms with van der Waals surface area (Å²) < 4.78 is 7.56. The second-order valence-electron chi connectivity index (χ2n) is 8.67. The van der Waals surface area contributed by atoms with Crippen molar-refractivity contribution in [3.63, 3.8) is 0 Å². The molecule has 0 aliphatic carbocycles. The van der Waals surface area contributed by atoms with Crippen molar-refractivity contribution < 1.29 is 29.6 Å². The second kappa shape index (κ2) is 11.7. The van der Waals surface area contributed by atoms with Gasteiger partial charge < -0.3 is 29.5 Å². The quantitative estimate of drug-likeness (QED) is 0.474. The third kappa shape index (κ3) is 6.59. The molecule has 1 fully saturated rings. The van der Waals surface area contributed by atoms with Gasteiger partial charge in [-0.25, -0.2) is 9.59 Å². The van der Waals surface area contributed by atoms with Crippen LogP contribution < -0.4 is 4.74 Å². The number of piperidine rings is 1. The lowest BCUT2D eigenvalue weighted by atomic mass is 9.99. The molecule has 1 aliphatic rings. The lowest BCUT2D eigenvalue weighted by Gasteiger charge is -2.32. The molecule has 1 saturated heterocycles. The Balaban J connectivity index is 0.000000481. The molecule has 0 spiro atoms. The number of fused-ring (bicyclic) bond motifs is 1. The predicted molar refractivity (Wildman–Crippen MR) is 130 cm³/mol. The SMILES string of the molecule is COc1ccc(-c2cc3ccccc3n2CC(O)CN2CCC(C)CC2)cc1.O=C(O)C(=O)O. The molecule has 0 radical (unpaired) electrons. The lowest BCUT2D eigenvalue weighted by Crippen LogP contribution is -2.39. The fraction of sp³-hybridized carbons (Fsp3) is 0.385. The average Bonchev–Trinajstić information content (AvgIpc) is 3.19. The number of aromatic nitrogens is 1. The van der Waals surface area contributed by atoms with Crippen molar-refractivity contribution in [1.29, 1.82) is 0 Å². The number of likely N-dealkylation sites (tertiary alicyclic amines) is 1. The summed E-state index contributed by atoms with van der Waals surface area (Å²) in [7, 11) is 1.68. The summed E-state index contributed by atoms with van der Waals surface area (Å²) in [5.41, 5.74) is 3.44. The van der Waals surface area contributed by atoms with Crippen molar-refractivity contribution in [1.82, 2.24) is 9.47 Å². The van der Waals surface area contributed by atoms with E-state index in [4.69, 9.17) is 24.5 Å². The first-order valence-electron chi connectivity index (χ1n) is 11.4. The van der Waals surface area contributed by atoms with E-state index in [-0.39, 0.29) is 6.10 Å². The number of para-hydroxylation sites is 1. The topological polar surface area (TPSA) is 112 Å². The van der Waals surface area contributed by atoms with E-state index in [9.17, 15) is 5.11 Å². The van der Waals surface area contributed by atoms with E-state index in [0.717, 1.165) is 42.6 Å². The first-order valence-corrected chi connectivity index (χ1v) is 11.4. The highest BCUT2D eigenvalue weighted by Gasteiger charge is 2.20. The molecule has 1 aromatic heterocycles. The fourth-order valence-corrected chi connectivity index (χ4v) is 4.22. The standard InChI is InChI=1S/C24H30N2O2.C2H2O4/c1-18-11-13-25(14-12-18)16-21(27)17-26-23-6-4-3-5-20(23)15-24(26)19-7-9-22(28-2)10-8-19;3-1(4)2(5)6/h3-10,15,18,21,27H,11-14,16-17H2,1-2H3;(H,3,4)(H,5,6). The smallest absolute Gasteiger partial charge is 0.414 e. The van der Waals surface area contributed by atoms with Crippen LogP contribution in [0, 0.1) is 5.92 Å². The van der Waals surface area contributed by atoms with Gasteiger partial charge in [0.05, 0.1) is 19.8 Å². The minimum Gasteiger partial charge on any atom is -0.497 e. The Kier molecular flexibility index (Phi) is 8.67. The minimum absolute atomic E-state index is 0.388. The van der Waals surface area contributed by atoms with Crippen LogP contribution in [0.3, 0.4) is 0 Å². The Hall–Kier alpha value is -3.36. The number of benzene rings is 2. The highest BCUT2D eigenvalue weighted by atomic mass is 16.5. The van der Waals surface area contributed by atoms with Gasteiger partial charge in [-0.3, -0.25) is 0 Å². The van der Waals surface area contributed by atoms with Gasteiger partial charge in [-0.2, -0.15) is 0 Å². The molecule has 0 saturated carbocycles. The summed E-state index contributed by atoms with van der Waals surface area (Å²) in [4.78, 5) is 20.6. The Bertz CT molecular complexity index is 1090. The van der Waals surface area contributed by atoms with Gasteiger partial charge in [0.1, 0.15) is 5.75 Å². The van der Waals surface area contributed by atoms with Crippen molar-refractivity contribution in [3.8, 4) is 17.0 Å². The highest BCUT2D eigenvalue weighted by molar-refractivity contribution is 6.27. The number of ether oxygens (including phenoxy) is 1. The Morgan fingerprint density at radius 2 is 1.62 bits per heavy atom. The third-order valence-electron chi connectivity index (χ3n) is 6.12. The third-order valence-corrected chi connectivity index (χ3v) is 6.12. The summed E-state index contributed by atoms with van der Waals surface area (Å²) in [6, 6.07) is 18.8. The maximum Gasteiger partial charge on any atom is 0.414 e. The molecule has 0 amide bonds. The maximum absolute atomic E-state index is 10.9. The summed E-state index contributed by atoms with van der Waals surface area (Å²) in [6.45, 7) is 5.84. The van der Waals surface area contributed by atoms with Gasteiger partial charge in [-0.1, -0.05) is 25.1 Å². The van der Waals surface area contributed by atoms with Gasteiger partial charge in [0.25, 0.3) is 0 Å². The number of carboxylic acids is 2. The van der Waals surface area contributed by atoms with Gasteiger partial charge >= 0.3 is 11.9 Å². The van der Waals surface area contributed by atoms with E-state index in [2.05, 4.69) is 58.9 Å². The van der Waals surface area contributed by atoms with Crippen LogP contribution in [0.5, 0.6) is 5.75 Å². The number of aliphatic hydroxyl groups is 1. The van der Waals surface area contributed by atoms with Crippen molar-refractivity contribution in [2.45, 2.75) is 32.4 Å². The number of carbonyl (C=O) groups is 2. The van der Waals surface area contributed by atoms with Crippen molar-refractivity contribution in [2.24, 2.45) is 5.92 Å². The van der Waals surface area contributed by atoms with Crippen LogP contribution in [0.4, 0.5) is 0 Å². The largest absolute Gasteiger partial charge is 0.497 e. The van der Waals surface area contributed by atoms with Crippen LogP contribution in [-0.4, -0.2) is 69.6 Å². The number of hydrogen-bond donors (Lipinski definition) is 3. The molecule has 4 rings (SSSR count). The number of rotatable bonds is 6.